The number of halogens is 1. The van der Waals surface area contributed by atoms with Gasteiger partial charge in [-0.3, -0.25) is 0 Å². The van der Waals surface area contributed by atoms with Crippen LogP contribution in [0.4, 0.5) is 0 Å². The molecule has 0 fully saturated rings. The summed E-state index contributed by atoms with van der Waals surface area (Å²) in [7, 11) is 0. The molecule has 1 aromatic heterocycles. The molecule has 1 nitrogen and oxygen atoms in total. The van der Waals surface area contributed by atoms with Gasteiger partial charge in [0.15, 0.2) is 0 Å². The highest BCUT2D eigenvalue weighted by atomic mass is 79.9. The molecule has 0 aliphatic heterocycles. The van der Waals surface area contributed by atoms with E-state index >= 15 is 0 Å². The fraction of sp³-hybridized carbons (Fsp3) is 0. The zero-order valence-electron chi connectivity index (χ0n) is 8.60. The SMILES string of the molecule is Brc1ccc2cn(-c3ccccc3)cc2c1. The monoisotopic (exact) mass is 271 g/mol. The van der Waals surface area contributed by atoms with Gasteiger partial charge in [0.25, 0.3) is 0 Å². The summed E-state index contributed by atoms with van der Waals surface area (Å²) in [6.07, 6.45) is 4.30. The largest absolute Gasteiger partial charge is 0.323 e. The highest BCUT2D eigenvalue weighted by Crippen LogP contribution is 2.22. The van der Waals surface area contributed by atoms with Crippen LogP contribution in [0, 0.1) is 0 Å². The van der Waals surface area contributed by atoms with Gasteiger partial charge in [-0.2, -0.15) is 0 Å². The fourth-order valence-corrected chi connectivity index (χ4v) is 2.24. The highest BCUT2D eigenvalue weighted by molar-refractivity contribution is 9.10. The van der Waals surface area contributed by atoms with E-state index in [2.05, 4.69) is 75.4 Å². The molecule has 3 aromatic rings. The Bertz CT molecular complexity index is 626. The summed E-state index contributed by atoms with van der Waals surface area (Å²) in [4.78, 5) is 0. The maximum Gasteiger partial charge on any atom is 0.0449 e. The van der Waals surface area contributed by atoms with Crippen molar-refractivity contribution in [3.05, 3.63) is 65.4 Å². The molecule has 0 bridgehead atoms. The third-order valence-electron chi connectivity index (χ3n) is 2.66. The minimum absolute atomic E-state index is 1.12. The van der Waals surface area contributed by atoms with E-state index in [0.29, 0.717) is 0 Å². The van der Waals surface area contributed by atoms with E-state index in [1.807, 2.05) is 6.07 Å². The van der Waals surface area contributed by atoms with Gasteiger partial charge in [0.05, 0.1) is 0 Å². The van der Waals surface area contributed by atoms with Gasteiger partial charge in [0.1, 0.15) is 0 Å². The van der Waals surface area contributed by atoms with Gasteiger partial charge >= 0.3 is 0 Å². The maximum atomic E-state index is 3.49. The van der Waals surface area contributed by atoms with Crippen LogP contribution in [-0.4, -0.2) is 4.57 Å². The third kappa shape index (κ3) is 1.65. The standard InChI is InChI=1S/C14H10BrN/c15-13-7-6-11-9-16(10-12(11)8-13)14-4-2-1-3-5-14/h1-10H. The van der Waals surface area contributed by atoms with Crippen LogP contribution in [0.25, 0.3) is 16.5 Å². The summed E-state index contributed by atoms with van der Waals surface area (Å²) in [6, 6.07) is 16.7. The van der Waals surface area contributed by atoms with Gasteiger partial charge in [-0.15, -0.1) is 0 Å². The predicted octanol–water partition coefficient (Wildman–Crippen LogP) is 4.39. The lowest BCUT2D eigenvalue weighted by Gasteiger charge is -1.99. The minimum Gasteiger partial charge on any atom is -0.323 e. The molecular formula is C14H10BrN. The normalized spacial score (nSPS) is 10.8. The van der Waals surface area contributed by atoms with Crippen molar-refractivity contribution in [3.63, 3.8) is 0 Å². The Morgan fingerprint density at radius 3 is 2.38 bits per heavy atom. The van der Waals surface area contributed by atoms with E-state index in [0.717, 1.165) is 4.47 Å². The predicted molar refractivity (Wildman–Crippen MR) is 71.0 cm³/mol. The summed E-state index contributed by atoms with van der Waals surface area (Å²) in [5.41, 5.74) is 1.19. The van der Waals surface area contributed by atoms with E-state index in [1.54, 1.807) is 0 Å². The molecule has 0 radical (unpaired) electrons. The number of hydrogen-bond donors (Lipinski definition) is 0. The molecule has 0 aliphatic rings. The molecule has 0 amide bonds. The Balaban J connectivity index is 2.19. The molecule has 0 atom stereocenters. The number of hydrogen-bond acceptors (Lipinski definition) is 0. The molecule has 0 spiro atoms. The summed E-state index contributed by atoms with van der Waals surface area (Å²) < 4.78 is 3.27. The summed E-state index contributed by atoms with van der Waals surface area (Å²) in [5, 5.41) is 2.50. The molecule has 2 heteroatoms. The molecule has 78 valence electrons. The van der Waals surface area contributed by atoms with Crippen molar-refractivity contribution in [2.24, 2.45) is 0 Å². The van der Waals surface area contributed by atoms with E-state index in [4.69, 9.17) is 0 Å². The molecule has 0 saturated carbocycles. The van der Waals surface area contributed by atoms with Crippen LogP contribution in [0.2, 0.25) is 0 Å². The molecular weight excluding hydrogens is 262 g/mol. The van der Waals surface area contributed by atoms with Crippen LogP contribution >= 0.6 is 15.9 Å². The topological polar surface area (TPSA) is 4.93 Å². The highest BCUT2D eigenvalue weighted by Gasteiger charge is 2.00. The summed E-state index contributed by atoms with van der Waals surface area (Å²) >= 11 is 3.49. The van der Waals surface area contributed by atoms with Crippen molar-refractivity contribution in [2.45, 2.75) is 0 Å². The van der Waals surface area contributed by atoms with Crippen molar-refractivity contribution in [1.29, 1.82) is 0 Å². The Morgan fingerprint density at radius 1 is 0.812 bits per heavy atom. The van der Waals surface area contributed by atoms with E-state index in [1.165, 1.54) is 16.5 Å². The van der Waals surface area contributed by atoms with Crippen molar-refractivity contribution in [2.75, 3.05) is 0 Å². The molecule has 3 rings (SSSR count). The lowest BCUT2D eigenvalue weighted by Crippen LogP contribution is -1.86. The van der Waals surface area contributed by atoms with Crippen LogP contribution in [0.15, 0.2) is 65.4 Å². The van der Waals surface area contributed by atoms with E-state index in [-0.39, 0.29) is 0 Å². The van der Waals surface area contributed by atoms with Gasteiger partial charge in [-0.1, -0.05) is 40.2 Å². The Labute approximate surface area is 102 Å². The van der Waals surface area contributed by atoms with Crippen LogP contribution in [0.1, 0.15) is 0 Å². The quantitative estimate of drug-likeness (QED) is 0.619. The van der Waals surface area contributed by atoms with Crippen molar-refractivity contribution in [3.8, 4) is 5.69 Å². The van der Waals surface area contributed by atoms with Crippen LogP contribution in [0.3, 0.4) is 0 Å². The number of fused-ring (bicyclic) bond motifs is 1. The smallest absolute Gasteiger partial charge is 0.0449 e. The van der Waals surface area contributed by atoms with Gasteiger partial charge in [-0.05, 0) is 29.7 Å². The fourth-order valence-electron chi connectivity index (χ4n) is 1.86. The van der Waals surface area contributed by atoms with Gasteiger partial charge < -0.3 is 4.57 Å². The second-order valence-corrected chi connectivity index (χ2v) is 4.69. The van der Waals surface area contributed by atoms with Crippen LogP contribution < -0.4 is 0 Å². The Morgan fingerprint density at radius 2 is 1.56 bits per heavy atom. The Kier molecular flexibility index (Phi) is 2.29. The van der Waals surface area contributed by atoms with Gasteiger partial charge in [0.2, 0.25) is 0 Å². The lowest BCUT2D eigenvalue weighted by molar-refractivity contribution is 1.09. The van der Waals surface area contributed by atoms with Gasteiger partial charge in [-0.25, -0.2) is 0 Å². The van der Waals surface area contributed by atoms with Gasteiger partial charge in [0, 0.05) is 27.9 Å². The first-order valence-corrected chi connectivity index (χ1v) is 5.95. The zero-order chi connectivity index (χ0) is 11.0. The third-order valence-corrected chi connectivity index (χ3v) is 3.15. The van der Waals surface area contributed by atoms with Crippen molar-refractivity contribution >= 4 is 26.7 Å². The van der Waals surface area contributed by atoms with Crippen LogP contribution in [0.5, 0.6) is 0 Å². The number of rotatable bonds is 1. The van der Waals surface area contributed by atoms with Crippen molar-refractivity contribution in [1.82, 2.24) is 4.57 Å². The van der Waals surface area contributed by atoms with E-state index < -0.39 is 0 Å². The zero-order valence-corrected chi connectivity index (χ0v) is 10.2. The molecule has 0 N–H and O–H groups in total. The number of aromatic nitrogens is 1. The van der Waals surface area contributed by atoms with E-state index in [9.17, 15) is 0 Å². The number of benzene rings is 2. The van der Waals surface area contributed by atoms with Crippen molar-refractivity contribution < 1.29 is 0 Å². The van der Waals surface area contributed by atoms with Crippen LogP contribution in [-0.2, 0) is 0 Å². The summed E-state index contributed by atoms with van der Waals surface area (Å²) in [6.45, 7) is 0. The number of para-hydroxylation sites is 1. The number of nitrogens with zero attached hydrogens (tertiary/aromatic N) is 1. The summed E-state index contributed by atoms with van der Waals surface area (Å²) in [5.74, 6) is 0. The molecule has 16 heavy (non-hydrogen) atoms. The molecule has 0 unspecified atom stereocenters. The molecule has 1 heterocycles. The molecule has 0 aliphatic carbocycles. The first-order valence-electron chi connectivity index (χ1n) is 5.16. The lowest BCUT2D eigenvalue weighted by atomic mass is 10.2. The molecule has 0 saturated heterocycles. The molecule has 2 aromatic carbocycles. The minimum atomic E-state index is 1.12. The second kappa shape index (κ2) is 3.80. The average Bonchev–Trinajstić information content (AvgIpc) is 2.73. The maximum absolute atomic E-state index is 3.49. The Hall–Kier alpha value is -1.54. The first kappa shape index (κ1) is 9.67. The second-order valence-electron chi connectivity index (χ2n) is 3.77. The first-order chi connectivity index (χ1) is 7.83. The average molecular weight is 272 g/mol.